The summed E-state index contributed by atoms with van der Waals surface area (Å²) in [5, 5.41) is 19.5. The summed E-state index contributed by atoms with van der Waals surface area (Å²) in [6.07, 6.45) is 2.81. The second-order valence-corrected chi connectivity index (χ2v) is 9.46. The van der Waals surface area contributed by atoms with Crippen LogP contribution in [0, 0.1) is 6.92 Å². The molecule has 1 aliphatic heterocycles. The van der Waals surface area contributed by atoms with Crippen molar-refractivity contribution in [3.63, 3.8) is 0 Å². The van der Waals surface area contributed by atoms with Crippen molar-refractivity contribution in [3.8, 4) is 11.5 Å². The Morgan fingerprint density at radius 1 is 1.05 bits per heavy atom. The second kappa shape index (κ2) is 9.75. The molecule has 2 amide bonds. The van der Waals surface area contributed by atoms with Gasteiger partial charge in [-0.2, -0.15) is 5.10 Å². The van der Waals surface area contributed by atoms with E-state index in [1.54, 1.807) is 31.2 Å². The van der Waals surface area contributed by atoms with Crippen LogP contribution in [-0.4, -0.2) is 50.7 Å². The fourth-order valence-corrected chi connectivity index (χ4v) is 5.16. The van der Waals surface area contributed by atoms with E-state index in [-0.39, 0.29) is 29.5 Å². The summed E-state index contributed by atoms with van der Waals surface area (Å²) in [6, 6.07) is 11.6. The monoisotopic (exact) mass is 527 g/mol. The van der Waals surface area contributed by atoms with E-state index in [1.807, 2.05) is 12.1 Å². The Bertz CT molecular complexity index is 1650. The number of carboxylic acids is 1. The molecule has 0 saturated heterocycles. The largest absolute Gasteiger partial charge is 0.486 e. The number of aromatic carboxylic acids is 1. The van der Waals surface area contributed by atoms with E-state index in [1.165, 1.54) is 16.8 Å². The first-order chi connectivity index (χ1) is 18.9. The maximum absolute atomic E-state index is 13.4. The molecule has 11 heteroatoms. The molecule has 11 nitrogen and oxygen atoms in total. The van der Waals surface area contributed by atoms with Crippen molar-refractivity contribution >= 4 is 23.4 Å². The van der Waals surface area contributed by atoms with Crippen molar-refractivity contribution in [2.45, 2.75) is 32.4 Å². The molecule has 39 heavy (non-hydrogen) atoms. The molecular formula is C28H25N5O6. The van der Waals surface area contributed by atoms with Crippen molar-refractivity contribution in [3.05, 3.63) is 87.9 Å². The summed E-state index contributed by atoms with van der Waals surface area (Å²) in [5.74, 6) is -0.522. The molecule has 1 atom stereocenters. The number of benzene rings is 2. The van der Waals surface area contributed by atoms with Gasteiger partial charge in [0.1, 0.15) is 24.6 Å². The fourth-order valence-electron chi connectivity index (χ4n) is 5.16. The number of rotatable bonds is 6. The van der Waals surface area contributed by atoms with Gasteiger partial charge in [-0.25, -0.2) is 14.3 Å². The molecule has 1 unspecified atom stereocenters. The van der Waals surface area contributed by atoms with Crippen molar-refractivity contribution in [2.75, 3.05) is 13.2 Å². The van der Waals surface area contributed by atoms with Gasteiger partial charge in [0.25, 0.3) is 11.8 Å². The Labute approximate surface area is 222 Å². The Hall–Kier alpha value is -4.93. The summed E-state index contributed by atoms with van der Waals surface area (Å²) in [6.45, 7) is 3.00. The zero-order chi connectivity index (χ0) is 27.1. The van der Waals surface area contributed by atoms with Gasteiger partial charge in [-0.15, -0.1) is 0 Å². The third-order valence-electron chi connectivity index (χ3n) is 7.11. The van der Waals surface area contributed by atoms with Gasteiger partial charge in [0.15, 0.2) is 17.1 Å². The number of fused-ring (bicyclic) bond motifs is 3. The van der Waals surface area contributed by atoms with E-state index in [4.69, 9.17) is 9.47 Å². The topological polar surface area (TPSA) is 144 Å². The zero-order valence-electron chi connectivity index (χ0n) is 21.1. The minimum Gasteiger partial charge on any atom is -0.486 e. The maximum Gasteiger partial charge on any atom is 0.335 e. The standard InChI is InChI=1S/C28H25N5O6/c1-15-17-5-6-20(19(17)4-3-18(15)28(36)37)32-27(35)22-13-21(31-25-8-9-30-33(22)25)26(34)29-14-16-2-7-23-24(12-16)39-11-10-38-23/h2-4,7-9,12-13,20H,5-6,10-11,14H2,1H3,(H,29,34)(H,32,35)(H,36,37). The summed E-state index contributed by atoms with van der Waals surface area (Å²) in [5.41, 5.74) is 4.26. The lowest BCUT2D eigenvalue weighted by Crippen LogP contribution is -2.30. The van der Waals surface area contributed by atoms with Crippen molar-refractivity contribution in [2.24, 2.45) is 0 Å². The van der Waals surface area contributed by atoms with Crippen LogP contribution in [0.25, 0.3) is 5.65 Å². The normalized spacial score (nSPS) is 15.6. The summed E-state index contributed by atoms with van der Waals surface area (Å²) < 4.78 is 12.5. The number of carbonyl (C=O) groups excluding carboxylic acids is 2. The minimum absolute atomic E-state index is 0.0828. The number of nitrogens with one attached hydrogen (secondary N) is 2. The molecule has 2 aliphatic rings. The molecule has 2 aromatic heterocycles. The molecule has 6 rings (SSSR count). The number of nitrogens with zero attached hydrogens (tertiary/aromatic N) is 3. The highest BCUT2D eigenvalue weighted by Gasteiger charge is 2.29. The highest BCUT2D eigenvalue weighted by Crippen LogP contribution is 2.35. The average molecular weight is 528 g/mol. The van der Waals surface area contributed by atoms with Gasteiger partial charge in [0.2, 0.25) is 0 Å². The minimum atomic E-state index is -0.972. The smallest absolute Gasteiger partial charge is 0.335 e. The Balaban J connectivity index is 1.21. The van der Waals surface area contributed by atoms with Crippen LogP contribution >= 0.6 is 0 Å². The number of aromatic nitrogens is 3. The van der Waals surface area contributed by atoms with Gasteiger partial charge in [0, 0.05) is 18.7 Å². The average Bonchev–Trinajstić information content (AvgIpc) is 3.58. The zero-order valence-corrected chi connectivity index (χ0v) is 21.1. The molecule has 4 aromatic rings. The Morgan fingerprint density at radius 2 is 1.87 bits per heavy atom. The second-order valence-electron chi connectivity index (χ2n) is 9.46. The molecule has 2 aromatic carbocycles. The van der Waals surface area contributed by atoms with Crippen LogP contribution in [0.1, 0.15) is 66.1 Å². The molecular weight excluding hydrogens is 502 g/mol. The predicted molar refractivity (Wildman–Crippen MR) is 138 cm³/mol. The van der Waals surface area contributed by atoms with Gasteiger partial charge in [-0.05, 0) is 60.2 Å². The van der Waals surface area contributed by atoms with Crippen LogP contribution in [0.2, 0.25) is 0 Å². The van der Waals surface area contributed by atoms with E-state index < -0.39 is 17.8 Å². The van der Waals surface area contributed by atoms with Crippen LogP contribution in [-0.2, 0) is 13.0 Å². The van der Waals surface area contributed by atoms with Gasteiger partial charge in [0.05, 0.1) is 17.8 Å². The first-order valence-electron chi connectivity index (χ1n) is 12.6. The fraction of sp³-hybridized carbons (Fsp3) is 0.250. The van der Waals surface area contributed by atoms with Crippen LogP contribution in [0.5, 0.6) is 11.5 Å². The number of hydrogen-bond donors (Lipinski definition) is 3. The summed E-state index contributed by atoms with van der Waals surface area (Å²) >= 11 is 0. The SMILES string of the molecule is Cc1c(C(=O)O)ccc2c1CCC2NC(=O)c1cc(C(=O)NCc2ccc3c(c2)OCCO3)nc2ccnn12. The van der Waals surface area contributed by atoms with Crippen LogP contribution < -0.4 is 20.1 Å². The van der Waals surface area contributed by atoms with Crippen LogP contribution in [0.3, 0.4) is 0 Å². The van der Waals surface area contributed by atoms with Crippen molar-refractivity contribution in [1.29, 1.82) is 0 Å². The van der Waals surface area contributed by atoms with Gasteiger partial charge >= 0.3 is 5.97 Å². The highest BCUT2D eigenvalue weighted by molar-refractivity contribution is 5.98. The first-order valence-corrected chi connectivity index (χ1v) is 12.6. The van der Waals surface area contributed by atoms with Crippen LogP contribution in [0.15, 0.2) is 48.7 Å². The quantitative estimate of drug-likeness (QED) is 0.347. The lowest BCUT2D eigenvalue weighted by atomic mass is 9.98. The molecule has 0 bridgehead atoms. The lowest BCUT2D eigenvalue weighted by molar-refractivity contribution is 0.0695. The first kappa shape index (κ1) is 24.4. The molecule has 3 heterocycles. The van der Waals surface area contributed by atoms with Crippen molar-refractivity contribution < 1.29 is 29.0 Å². The lowest BCUT2D eigenvalue weighted by Gasteiger charge is -2.19. The number of amides is 2. The molecule has 0 fully saturated rings. The van der Waals surface area contributed by atoms with E-state index >= 15 is 0 Å². The molecule has 0 spiro atoms. The molecule has 198 valence electrons. The molecule has 0 radical (unpaired) electrons. The number of carbonyl (C=O) groups is 3. The van der Waals surface area contributed by atoms with Gasteiger partial charge in [-0.3, -0.25) is 9.59 Å². The van der Waals surface area contributed by atoms with Gasteiger partial charge < -0.3 is 25.2 Å². The summed E-state index contributed by atoms with van der Waals surface area (Å²) in [4.78, 5) is 42.3. The van der Waals surface area contributed by atoms with E-state index in [9.17, 15) is 19.5 Å². The van der Waals surface area contributed by atoms with E-state index in [0.717, 1.165) is 16.7 Å². The van der Waals surface area contributed by atoms with E-state index in [0.29, 0.717) is 48.8 Å². The Kier molecular flexibility index (Phi) is 6.10. The highest BCUT2D eigenvalue weighted by atomic mass is 16.6. The Morgan fingerprint density at radius 3 is 2.69 bits per heavy atom. The molecule has 0 saturated carbocycles. The number of carboxylic acid groups (broad SMARTS) is 1. The van der Waals surface area contributed by atoms with Gasteiger partial charge in [-0.1, -0.05) is 12.1 Å². The van der Waals surface area contributed by atoms with Crippen LogP contribution in [0.4, 0.5) is 0 Å². The maximum atomic E-state index is 13.4. The predicted octanol–water partition coefficient (Wildman–Crippen LogP) is 2.85. The third-order valence-corrected chi connectivity index (χ3v) is 7.11. The summed E-state index contributed by atoms with van der Waals surface area (Å²) in [7, 11) is 0. The molecule has 3 N–H and O–H groups in total. The number of hydrogen-bond acceptors (Lipinski definition) is 7. The third kappa shape index (κ3) is 4.52. The van der Waals surface area contributed by atoms with Crippen molar-refractivity contribution in [1.82, 2.24) is 25.2 Å². The number of ether oxygens (including phenoxy) is 2. The molecule has 1 aliphatic carbocycles. The van der Waals surface area contributed by atoms with E-state index in [2.05, 4.69) is 20.7 Å².